The Kier molecular flexibility index (Phi) is 5.41. The van der Waals surface area contributed by atoms with Gasteiger partial charge >= 0.3 is 0 Å². The molecular weight excluding hydrogens is 354 g/mol. The maximum atomic E-state index is 12.4. The van der Waals surface area contributed by atoms with Crippen LogP contribution in [0.4, 0.5) is 5.69 Å². The fourth-order valence-electron chi connectivity index (χ4n) is 3.20. The summed E-state index contributed by atoms with van der Waals surface area (Å²) in [4.78, 5) is 49.9. The van der Waals surface area contributed by atoms with Gasteiger partial charge in [-0.3, -0.25) is 24.1 Å². The number of anilines is 1. The molecule has 1 aromatic carbocycles. The molecule has 1 saturated heterocycles. The van der Waals surface area contributed by atoms with Crippen molar-refractivity contribution in [2.75, 3.05) is 17.6 Å². The van der Waals surface area contributed by atoms with Crippen molar-refractivity contribution in [2.24, 2.45) is 17.6 Å². The normalized spacial score (nSPS) is 21.6. The number of fused-ring (bicyclic) bond motifs is 1. The number of primary amides is 1. The van der Waals surface area contributed by atoms with Gasteiger partial charge in [0.2, 0.25) is 23.6 Å². The van der Waals surface area contributed by atoms with E-state index in [0.717, 1.165) is 4.90 Å². The van der Waals surface area contributed by atoms with Gasteiger partial charge in [-0.25, -0.2) is 0 Å². The van der Waals surface area contributed by atoms with E-state index in [9.17, 15) is 19.2 Å². The van der Waals surface area contributed by atoms with E-state index in [0.29, 0.717) is 23.4 Å². The van der Waals surface area contributed by atoms with Crippen molar-refractivity contribution in [3.05, 3.63) is 36.4 Å². The monoisotopic (exact) mass is 373 g/mol. The SMILES string of the molecule is NC(=O)CSc1ccccc1NC(=O)CN1C(=O)[C@@H]2CC=CC[C@H]2C1=O. The van der Waals surface area contributed by atoms with Crippen LogP contribution < -0.4 is 11.1 Å². The van der Waals surface area contributed by atoms with Crippen LogP contribution in [0.25, 0.3) is 0 Å². The van der Waals surface area contributed by atoms with E-state index in [-0.39, 0.29) is 35.9 Å². The number of thioether (sulfide) groups is 1. The van der Waals surface area contributed by atoms with Gasteiger partial charge in [0.1, 0.15) is 6.54 Å². The highest BCUT2D eigenvalue weighted by Gasteiger charge is 2.47. The van der Waals surface area contributed by atoms with Crippen molar-refractivity contribution in [2.45, 2.75) is 17.7 Å². The van der Waals surface area contributed by atoms with Crippen LogP contribution in [0, 0.1) is 11.8 Å². The summed E-state index contributed by atoms with van der Waals surface area (Å²) >= 11 is 1.21. The largest absolute Gasteiger partial charge is 0.369 e. The molecule has 26 heavy (non-hydrogen) atoms. The Morgan fingerprint density at radius 3 is 2.35 bits per heavy atom. The quantitative estimate of drug-likeness (QED) is 0.442. The Hall–Kier alpha value is -2.61. The molecule has 1 fully saturated rings. The topological polar surface area (TPSA) is 110 Å². The number of amides is 4. The summed E-state index contributed by atoms with van der Waals surface area (Å²) in [5.41, 5.74) is 5.67. The number of benzene rings is 1. The Labute approximate surface area is 155 Å². The van der Waals surface area contributed by atoms with E-state index >= 15 is 0 Å². The maximum Gasteiger partial charge on any atom is 0.244 e. The van der Waals surface area contributed by atoms with Crippen molar-refractivity contribution < 1.29 is 19.2 Å². The van der Waals surface area contributed by atoms with Crippen LogP contribution >= 0.6 is 11.8 Å². The van der Waals surface area contributed by atoms with Crippen molar-refractivity contribution >= 4 is 41.1 Å². The minimum atomic E-state index is -0.458. The molecule has 0 bridgehead atoms. The van der Waals surface area contributed by atoms with Gasteiger partial charge in [0.05, 0.1) is 23.3 Å². The zero-order valence-corrected chi connectivity index (χ0v) is 14.8. The lowest BCUT2D eigenvalue weighted by Gasteiger charge is -2.15. The van der Waals surface area contributed by atoms with E-state index in [1.807, 2.05) is 12.2 Å². The van der Waals surface area contributed by atoms with Gasteiger partial charge < -0.3 is 11.1 Å². The molecule has 136 valence electrons. The fourth-order valence-corrected chi connectivity index (χ4v) is 3.95. The standard InChI is InChI=1S/C18H19N3O4S/c19-15(22)10-26-14-8-4-3-7-13(14)20-16(23)9-21-17(24)11-5-1-2-6-12(11)18(21)25/h1-4,7-8,11-12H,5-6,9-10H2,(H2,19,22)(H,20,23)/t11-,12-/m1/s1. The Morgan fingerprint density at radius 1 is 1.12 bits per heavy atom. The summed E-state index contributed by atoms with van der Waals surface area (Å²) in [6.45, 7) is -0.306. The fraction of sp³-hybridized carbons (Fsp3) is 0.333. The van der Waals surface area contributed by atoms with Crippen LogP contribution in [0.15, 0.2) is 41.3 Å². The smallest absolute Gasteiger partial charge is 0.244 e. The molecule has 0 aromatic heterocycles. The van der Waals surface area contributed by atoms with Crippen LogP contribution in [-0.4, -0.2) is 40.8 Å². The molecular formula is C18H19N3O4S. The summed E-state index contributed by atoms with van der Waals surface area (Å²) in [6, 6.07) is 6.98. The first-order chi connectivity index (χ1) is 12.5. The molecule has 0 saturated carbocycles. The number of likely N-dealkylation sites (tertiary alicyclic amines) is 1. The second kappa shape index (κ2) is 7.74. The maximum absolute atomic E-state index is 12.4. The first-order valence-electron chi connectivity index (χ1n) is 8.27. The number of nitrogens with zero attached hydrogens (tertiary/aromatic N) is 1. The van der Waals surface area contributed by atoms with Crippen molar-refractivity contribution in [3.63, 3.8) is 0 Å². The van der Waals surface area contributed by atoms with Crippen molar-refractivity contribution in [3.8, 4) is 0 Å². The van der Waals surface area contributed by atoms with Gasteiger partial charge in [0.25, 0.3) is 0 Å². The number of imide groups is 1. The third-order valence-electron chi connectivity index (χ3n) is 4.43. The minimum absolute atomic E-state index is 0.0896. The number of allylic oxidation sites excluding steroid dienone is 2. The molecule has 8 heteroatoms. The number of hydrogen-bond acceptors (Lipinski definition) is 5. The lowest BCUT2D eigenvalue weighted by atomic mass is 9.85. The molecule has 1 aliphatic carbocycles. The molecule has 1 aromatic rings. The summed E-state index contributed by atoms with van der Waals surface area (Å²) in [5.74, 6) is -2.08. The average molecular weight is 373 g/mol. The van der Waals surface area contributed by atoms with Gasteiger partial charge in [-0.2, -0.15) is 0 Å². The van der Waals surface area contributed by atoms with Gasteiger partial charge in [-0.05, 0) is 25.0 Å². The first kappa shape index (κ1) is 18.2. The van der Waals surface area contributed by atoms with E-state index in [1.165, 1.54) is 11.8 Å². The number of carbonyl (C=O) groups is 4. The average Bonchev–Trinajstić information content (AvgIpc) is 2.86. The molecule has 3 rings (SSSR count). The highest BCUT2D eigenvalue weighted by atomic mass is 32.2. The minimum Gasteiger partial charge on any atom is -0.369 e. The van der Waals surface area contributed by atoms with E-state index < -0.39 is 11.8 Å². The highest BCUT2D eigenvalue weighted by Crippen LogP contribution is 2.35. The number of nitrogens with two attached hydrogens (primary N) is 1. The molecule has 1 heterocycles. The molecule has 2 atom stereocenters. The van der Waals surface area contributed by atoms with E-state index in [2.05, 4.69) is 5.32 Å². The molecule has 0 unspecified atom stereocenters. The second-order valence-electron chi connectivity index (χ2n) is 6.22. The van der Waals surface area contributed by atoms with Crippen LogP contribution in [-0.2, 0) is 19.2 Å². The summed E-state index contributed by atoms with van der Waals surface area (Å²) in [7, 11) is 0. The second-order valence-corrected chi connectivity index (χ2v) is 7.23. The zero-order valence-electron chi connectivity index (χ0n) is 14.0. The van der Waals surface area contributed by atoms with E-state index in [1.54, 1.807) is 24.3 Å². The molecule has 4 amide bonds. The van der Waals surface area contributed by atoms with Gasteiger partial charge in [-0.1, -0.05) is 24.3 Å². The highest BCUT2D eigenvalue weighted by molar-refractivity contribution is 8.00. The third-order valence-corrected chi connectivity index (χ3v) is 5.53. The van der Waals surface area contributed by atoms with Crippen LogP contribution in [0.3, 0.4) is 0 Å². The van der Waals surface area contributed by atoms with Crippen molar-refractivity contribution in [1.82, 2.24) is 4.90 Å². The zero-order chi connectivity index (χ0) is 18.7. The first-order valence-corrected chi connectivity index (χ1v) is 9.26. The number of para-hydroxylation sites is 1. The van der Waals surface area contributed by atoms with E-state index in [4.69, 9.17) is 5.73 Å². The van der Waals surface area contributed by atoms with Gasteiger partial charge in [0.15, 0.2) is 0 Å². The van der Waals surface area contributed by atoms with Crippen LogP contribution in [0.1, 0.15) is 12.8 Å². The lowest BCUT2D eigenvalue weighted by molar-refractivity contribution is -0.142. The molecule has 2 aliphatic rings. The summed E-state index contributed by atoms with van der Waals surface area (Å²) in [5, 5.41) is 2.71. The summed E-state index contributed by atoms with van der Waals surface area (Å²) in [6.07, 6.45) is 4.89. The number of carbonyl (C=O) groups excluding carboxylic acids is 4. The van der Waals surface area contributed by atoms with Crippen LogP contribution in [0.2, 0.25) is 0 Å². The lowest BCUT2D eigenvalue weighted by Crippen LogP contribution is -2.38. The number of hydrogen-bond donors (Lipinski definition) is 2. The molecule has 1 aliphatic heterocycles. The molecule has 7 nitrogen and oxygen atoms in total. The predicted molar refractivity (Wildman–Crippen MR) is 97.1 cm³/mol. The van der Waals surface area contributed by atoms with Crippen LogP contribution in [0.5, 0.6) is 0 Å². The molecule has 0 spiro atoms. The number of rotatable bonds is 6. The molecule has 0 radical (unpaired) electrons. The Bertz CT molecular complexity index is 766. The Morgan fingerprint density at radius 2 is 1.73 bits per heavy atom. The summed E-state index contributed by atoms with van der Waals surface area (Å²) < 4.78 is 0. The predicted octanol–water partition coefficient (Wildman–Crippen LogP) is 1.15. The Balaban J connectivity index is 1.65. The van der Waals surface area contributed by atoms with Crippen molar-refractivity contribution in [1.29, 1.82) is 0 Å². The van der Waals surface area contributed by atoms with Gasteiger partial charge in [-0.15, -0.1) is 11.8 Å². The number of nitrogens with one attached hydrogen (secondary N) is 1. The third kappa shape index (κ3) is 3.80. The van der Waals surface area contributed by atoms with Gasteiger partial charge in [0, 0.05) is 4.90 Å². The molecule has 3 N–H and O–H groups in total.